The summed E-state index contributed by atoms with van der Waals surface area (Å²) in [5.74, 6) is 0.241. The summed E-state index contributed by atoms with van der Waals surface area (Å²) in [5.41, 5.74) is 4.60. The van der Waals surface area contributed by atoms with E-state index >= 15 is 0 Å². The third kappa shape index (κ3) is 3.61. The summed E-state index contributed by atoms with van der Waals surface area (Å²) >= 11 is 0. The maximum absolute atomic E-state index is 13.2. The number of amides is 1. The van der Waals surface area contributed by atoms with Crippen molar-refractivity contribution in [3.63, 3.8) is 0 Å². The molecule has 152 valence electrons. The molecule has 6 nitrogen and oxygen atoms in total. The van der Waals surface area contributed by atoms with E-state index in [0.29, 0.717) is 17.1 Å². The van der Waals surface area contributed by atoms with Gasteiger partial charge in [0.15, 0.2) is 5.82 Å². The van der Waals surface area contributed by atoms with Crippen LogP contribution >= 0.6 is 0 Å². The summed E-state index contributed by atoms with van der Waals surface area (Å²) in [6, 6.07) is 14.3. The molecule has 6 heteroatoms. The highest BCUT2D eigenvalue weighted by atomic mass is 16.2. The van der Waals surface area contributed by atoms with E-state index in [2.05, 4.69) is 27.8 Å². The molecule has 2 aromatic carbocycles. The number of hydrogen-bond donors (Lipinski definition) is 2. The molecule has 1 heterocycles. The Labute approximate surface area is 175 Å². The van der Waals surface area contributed by atoms with E-state index in [1.165, 1.54) is 11.1 Å². The molecule has 1 fully saturated rings. The molecule has 3 aromatic rings. The van der Waals surface area contributed by atoms with Crippen LogP contribution in [0.15, 0.2) is 59.7 Å². The lowest BCUT2D eigenvalue weighted by Crippen LogP contribution is -2.29. The van der Waals surface area contributed by atoms with E-state index < -0.39 is 0 Å². The highest BCUT2D eigenvalue weighted by Gasteiger charge is 2.25. The average Bonchev–Trinajstić information content (AvgIpc) is 3.46. The average molecular weight is 400 g/mol. The lowest BCUT2D eigenvalue weighted by Gasteiger charge is -2.15. The fourth-order valence-electron chi connectivity index (χ4n) is 4.06. The van der Waals surface area contributed by atoms with Gasteiger partial charge >= 0.3 is 0 Å². The number of anilines is 1. The Balaban J connectivity index is 1.42. The molecule has 0 spiro atoms. The lowest BCUT2D eigenvalue weighted by atomic mass is 10.1. The van der Waals surface area contributed by atoms with Crippen LogP contribution in [0.5, 0.6) is 0 Å². The normalized spacial score (nSPS) is 15.6. The van der Waals surface area contributed by atoms with Crippen LogP contribution in [0.2, 0.25) is 0 Å². The zero-order valence-corrected chi connectivity index (χ0v) is 16.9. The van der Waals surface area contributed by atoms with Gasteiger partial charge in [-0.3, -0.25) is 14.2 Å². The van der Waals surface area contributed by atoms with Gasteiger partial charge in [0, 0.05) is 30.0 Å². The molecule has 0 unspecified atom stereocenters. The highest BCUT2D eigenvalue weighted by molar-refractivity contribution is 5.95. The smallest absolute Gasteiger partial charge is 0.297 e. The zero-order valence-electron chi connectivity index (χ0n) is 16.9. The van der Waals surface area contributed by atoms with Crippen LogP contribution in [0.4, 0.5) is 5.82 Å². The minimum Gasteiger partial charge on any atom is -0.362 e. The van der Waals surface area contributed by atoms with E-state index in [1.807, 2.05) is 25.1 Å². The Morgan fingerprint density at radius 3 is 2.50 bits per heavy atom. The van der Waals surface area contributed by atoms with Gasteiger partial charge in [-0.1, -0.05) is 30.3 Å². The minimum absolute atomic E-state index is 0.0945. The first kappa shape index (κ1) is 18.6. The summed E-state index contributed by atoms with van der Waals surface area (Å²) in [6.45, 7) is 1.94. The van der Waals surface area contributed by atoms with Gasteiger partial charge in [-0.15, -0.1) is 0 Å². The van der Waals surface area contributed by atoms with Gasteiger partial charge in [-0.05, 0) is 61.4 Å². The van der Waals surface area contributed by atoms with Gasteiger partial charge in [-0.2, -0.15) is 0 Å². The predicted octanol–water partition coefficient (Wildman–Crippen LogP) is 3.01. The number of hydrogen-bond acceptors (Lipinski definition) is 4. The molecular weight excluding hydrogens is 376 g/mol. The van der Waals surface area contributed by atoms with E-state index in [4.69, 9.17) is 0 Å². The van der Waals surface area contributed by atoms with Gasteiger partial charge < -0.3 is 10.6 Å². The second kappa shape index (κ2) is 7.44. The molecule has 0 aliphatic heterocycles. The summed E-state index contributed by atoms with van der Waals surface area (Å²) < 4.78 is 1.57. The molecule has 0 atom stereocenters. The number of aryl methyl sites for hydroxylation is 1. The summed E-state index contributed by atoms with van der Waals surface area (Å²) in [5, 5.41) is 6.33. The molecule has 2 aliphatic carbocycles. The van der Waals surface area contributed by atoms with Crippen LogP contribution in [-0.4, -0.2) is 27.5 Å². The topological polar surface area (TPSA) is 76.0 Å². The van der Waals surface area contributed by atoms with Crippen molar-refractivity contribution >= 4 is 11.7 Å². The standard InChI is InChI=1S/C24H24N4O2/c1-15-6-7-18(23(29)27-19-8-9-19)14-21(15)28-11-10-25-22(24(28)30)26-20-12-16-4-2-3-5-17(16)13-20/h2-7,10-11,14,19-20H,8-9,12-13H2,1H3,(H,25,26)(H,27,29). The Kier molecular flexibility index (Phi) is 4.62. The van der Waals surface area contributed by atoms with Gasteiger partial charge in [-0.25, -0.2) is 4.98 Å². The van der Waals surface area contributed by atoms with Gasteiger partial charge in [0.05, 0.1) is 5.69 Å². The van der Waals surface area contributed by atoms with Gasteiger partial charge in [0.25, 0.3) is 11.5 Å². The molecule has 0 bridgehead atoms. The van der Waals surface area contributed by atoms with Gasteiger partial charge in [0.1, 0.15) is 0 Å². The van der Waals surface area contributed by atoms with E-state index in [1.54, 1.807) is 29.1 Å². The molecule has 1 aromatic heterocycles. The summed E-state index contributed by atoms with van der Waals surface area (Å²) in [7, 11) is 0. The predicted molar refractivity (Wildman–Crippen MR) is 116 cm³/mol. The van der Waals surface area contributed by atoms with Gasteiger partial charge in [0.2, 0.25) is 0 Å². The second-order valence-corrected chi connectivity index (χ2v) is 8.22. The Bertz CT molecular complexity index is 1150. The maximum atomic E-state index is 13.2. The zero-order chi connectivity index (χ0) is 20.7. The van der Waals surface area contributed by atoms with Crippen LogP contribution in [0.25, 0.3) is 5.69 Å². The van der Waals surface area contributed by atoms with Crippen LogP contribution in [0.3, 0.4) is 0 Å². The maximum Gasteiger partial charge on any atom is 0.297 e. The van der Waals surface area contributed by atoms with E-state index in [-0.39, 0.29) is 23.6 Å². The van der Waals surface area contributed by atoms with E-state index in [9.17, 15) is 9.59 Å². The first-order chi connectivity index (χ1) is 14.6. The number of carbonyl (C=O) groups excluding carboxylic acids is 1. The molecule has 2 N–H and O–H groups in total. The summed E-state index contributed by atoms with van der Waals surface area (Å²) in [4.78, 5) is 29.9. The SMILES string of the molecule is Cc1ccc(C(=O)NC2CC2)cc1-n1ccnc(NC2Cc3ccccc3C2)c1=O. The van der Waals surface area contributed by atoms with Crippen molar-refractivity contribution in [2.45, 2.75) is 44.7 Å². The number of benzene rings is 2. The monoisotopic (exact) mass is 400 g/mol. The largest absolute Gasteiger partial charge is 0.362 e. The number of rotatable bonds is 5. The van der Waals surface area contributed by atoms with Crippen LogP contribution < -0.4 is 16.2 Å². The number of aromatic nitrogens is 2. The molecule has 1 amide bonds. The number of fused-ring (bicyclic) bond motifs is 1. The fraction of sp³-hybridized carbons (Fsp3) is 0.292. The molecule has 5 rings (SSSR count). The first-order valence-corrected chi connectivity index (χ1v) is 10.4. The lowest BCUT2D eigenvalue weighted by molar-refractivity contribution is 0.0951. The Morgan fingerprint density at radius 2 is 1.80 bits per heavy atom. The van der Waals surface area contributed by atoms with Crippen molar-refractivity contribution in [1.29, 1.82) is 0 Å². The molecule has 30 heavy (non-hydrogen) atoms. The van der Waals surface area contributed by atoms with Crippen molar-refractivity contribution in [2.75, 3.05) is 5.32 Å². The van der Waals surface area contributed by atoms with Crippen molar-refractivity contribution in [1.82, 2.24) is 14.9 Å². The molecule has 2 aliphatic rings. The number of carbonyl (C=O) groups is 1. The third-order valence-electron chi connectivity index (χ3n) is 5.88. The van der Waals surface area contributed by atoms with Crippen LogP contribution in [-0.2, 0) is 12.8 Å². The molecule has 0 saturated heterocycles. The number of nitrogens with zero attached hydrogens (tertiary/aromatic N) is 2. The van der Waals surface area contributed by atoms with Crippen molar-refractivity contribution in [3.05, 3.63) is 87.5 Å². The number of nitrogens with one attached hydrogen (secondary N) is 2. The fourth-order valence-corrected chi connectivity index (χ4v) is 4.06. The first-order valence-electron chi connectivity index (χ1n) is 10.4. The minimum atomic E-state index is -0.212. The van der Waals surface area contributed by atoms with Crippen molar-refractivity contribution in [2.24, 2.45) is 0 Å². The Morgan fingerprint density at radius 1 is 1.07 bits per heavy atom. The molecule has 1 saturated carbocycles. The quantitative estimate of drug-likeness (QED) is 0.690. The third-order valence-corrected chi connectivity index (χ3v) is 5.88. The second-order valence-electron chi connectivity index (χ2n) is 8.22. The van der Waals surface area contributed by atoms with Crippen molar-refractivity contribution < 1.29 is 4.79 Å². The van der Waals surface area contributed by atoms with Crippen molar-refractivity contribution in [3.8, 4) is 5.69 Å². The Hall–Kier alpha value is -3.41. The highest BCUT2D eigenvalue weighted by Crippen LogP contribution is 2.24. The van der Waals surface area contributed by atoms with Crippen LogP contribution in [0.1, 0.15) is 39.9 Å². The molecular formula is C24H24N4O2. The van der Waals surface area contributed by atoms with Crippen LogP contribution in [0, 0.1) is 6.92 Å². The van der Waals surface area contributed by atoms with E-state index in [0.717, 1.165) is 31.2 Å². The molecule has 0 radical (unpaired) electrons. The summed E-state index contributed by atoms with van der Waals surface area (Å²) in [6.07, 6.45) is 7.11.